The second kappa shape index (κ2) is 6.84. The largest absolute Gasteiger partial charge is 0.507 e. The van der Waals surface area contributed by atoms with Crippen molar-refractivity contribution >= 4 is 23.7 Å². The summed E-state index contributed by atoms with van der Waals surface area (Å²) in [5.41, 5.74) is 4.69. The van der Waals surface area contributed by atoms with Crippen LogP contribution in [0.4, 0.5) is 0 Å². The number of rotatable bonds is 3. The summed E-state index contributed by atoms with van der Waals surface area (Å²) in [4.78, 5) is 11.9. The molecule has 0 aliphatic rings. The van der Waals surface area contributed by atoms with E-state index in [-0.39, 0.29) is 16.7 Å². The lowest BCUT2D eigenvalue weighted by atomic mass is 9.87. The molecule has 1 amide bonds. The minimum absolute atomic E-state index is 0.0933. The number of hydrogen-bond acceptors (Lipinski definition) is 3. The molecule has 0 aliphatic carbocycles. The van der Waals surface area contributed by atoms with Crippen LogP contribution in [-0.2, 0) is 5.41 Å². The number of nitrogens with zero attached hydrogens (tertiary/aromatic N) is 1. The van der Waals surface area contributed by atoms with Crippen molar-refractivity contribution in [3.63, 3.8) is 0 Å². The van der Waals surface area contributed by atoms with Gasteiger partial charge in [-0.25, -0.2) is 5.43 Å². The maximum Gasteiger partial charge on any atom is 0.275 e. The van der Waals surface area contributed by atoms with Gasteiger partial charge in [-0.15, -0.1) is 0 Å². The zero-order valence-corrected chi connectivity index (χ0v) is 14.1. The summed E-state index contributed by atoms with van der Waals surface area (Å²) in [5, 5.41) is 14.0. The highest BCUT2D eigenvalue weighted by molar-refractivity contribution is 6.30. The van der Waals surface area contributed by atoms with Gasteiger partial charge in [0.25, 0.3) is 5.91 Å². The number of hydrazone groups is 1. The van der Waals surface area contributed by atoms with Gasteiger partial charge >= 0.3 is 0 Å². The predicted molar refractivity (Wildman–Crippen MR) is 93.3 cm³/mol. The van der Waals surface area contributed by atoms with Crippen molar-refractivity contribution in [2.45, 2.75) is 26.2 Å². The first-order valence-corrected chi connectivity index (χ1v) is 7.57. The Bertz CT molecular complexity index is 732. The van der Waals surface area contributed by atoms with Crippen LogP contribution < -0.4 is 5.43 Å². The topological polar surface area (TPSA) is 61.7 Å². The van der Waals surface area contributed by atoms with Gasteiger partial charge in [0.05, 0.1) is 11.8 Å². The molecule has 120 valence electrons. The highest BCUT2D eigenvalue weighted by atomic mass is 35.5. The summed E-state index contributed by atoms with van der Waals surface area (Å²) in [6, 6.07) is 12.2. The van der Waals surface area contributed by atoms with Crippen molar-refractivity contribution in [2.24, 2.45) is 5.10 Å². The summed E-state index contributed by atoms with van der Waals surface area (Å²) in [5.74, 6) is -0.679. The summed E-state index contributed by atoms with van der Waals surface area (Å²) in [6.45, 7) is 6.44. The number of hydrogen-bond donors (Lipinski definition) is 2. The molecule has 0 aromatic heterocycles. The second-order valence-corrected chi connectivity index (χ2v) is 6.67. The van der Waals surface area contributed by atoms with Crippen LogP contribution in [-0.4, -0.2) is 17.2 Å². The van der Waals surface area contributed by atoms with E-state index in [0.29, 0.717) is 5.02 Å². The fourth-order valence-corrected chi connectivity index (χ4v) is 2.16. The van der Waals surface area contributed by atoms with Crippen LogP contribution in [0, 0.1) is 0 Å². The predicted octanol–water partition coefficient (Wildman–Crippen LogP) is 4.11. The van der Waals surface area contributed by atoms with Gasteiger partial charge in [-0.1, -0.05) is 56.6 Å². The van der Waals surface area contributed by atoms with Gasteiger partial charge in [0.15, 0.2) is 0 Å². The zero-order chi connectivity index (χ0) is 17.0. The Morgan fingerprint density at radius 3 is 2.39 bits per heavy atom. The molecular weight excluding hydrogens is 312 g/mol. The van der Waals surface area contributed by atoms with Gasteiger partial charge in [-0.05, 0) is 34.7 Å². The SMILES string of the molecule is CC(C)(C)c1ccc(C=NNC(=O)c2ccc(Cl)cc2O)cc1. The van der Waals surface area contributed by atoms with Gasteiger partial charge in [0.2, 0.25) is 0 Å². The molecule has 0 bridgehead atoms. The molecule has 0 saturated heterocycles. The molecule has 0 unspecified atom stereocenters. The standard InChI is InChI=1S/C18H19ClN2O2/c1-18(2,3)13-6-4-12(5-7-13)11-20-21-17(23)15-9-8-14(19)10-16(15)22/h4-11,22H,1-3H3,(H,21,23). The molecule has 0 aliphatic heterocycles. The number of amides is 1. The summed E-state index contributed by atoms with van der Waals surface area (Å²) < 4.78 is 0. The van der Waals surface area contributed by atoms with E-state index >= 15 is 0 Å². The molecule has 0 atom stereocenters. The van der Waals surface area contributed by atoms with Crippen LogP contribution in [0.25, 0.3) is 0 Å². The van der Waals surface area contributed by atoms with Crippen LogP contribution in [0.2, 0.25) is 5.02 Å². The maximum atomic E-state index is 11.9. The Balaban J connectivity index is 2.02. The zero-order valence-electron chi connectivity index (χ0n) is 13.3. The Labute approximate surface area is 140 Å². The Morgan fingerprint density at radius 2 is 1.83 bits per heavy atom. The molecule has 0 heterocycles. The first-order chi connectivity index (χ1) is 10.8. The van der Waals surface area contributed by atoms with E-state index < -0.39 is 5.91 Å². The Kier molecular flexibility index (Phi) is 5.06. The van der Waals surface area contributed by atoms with E-state index in [1.54, 1.807) is 6.21 Å². The summed E-state index contributed by atoms with van der Waals surface area (Å²) in [6.07, 6.45) is 1.55. The van der Waals surface area contributed by atoms with Crippen molar-refractivity contribution in [3.8, 4) is 5.75 Å². The van der Waals surface area contributed by atoms with Crippen LogP contribution >= 0.6 is 11.6 Å². The number of benzene rings is 2. The molecule has 2 aromatic carbocycles. The van der Waals surface area contributed by atoms with Crippen LogP contribution in [0.15, 0.2) is 47.6 Å². The molecule has 0 spiro atoms. The minimum atomic E-state index is -0.498. The number of carbonyl (C=O) groups excluding carboxylic acids is 1. The number of phenolic OH excluding ortho intramolecular Hbond substituents is 1. The van der Waals surface area contributed by atoms with E-state index in [2.05, 4.69) is 31.3 Å². The maximum absolute atomic E-state index is 11.9. The lowest BCUT2D eigenvalue weighted by Crippen LogP contribution is -2.17. The van der Waals surface area contributed by atoms with E-state index in [1.807, 2.05) is 24.3 Å². The smallest absolute Gasteiger partial charge is 0.275 e. The number of halogens is 1. The number of phenols is 1. The molecule has 2 N–H and O–H groups in total. The quantitative estimate of drug-likeness (QED) is 0.657. The number of carbonyl (C=O) groups is 1. The van der Waals surface area contributed by atoms with Gasteiger partial charge in [0, 0.05) is 5.02 Å². The van der Waals surface area contributed by atoms with Crippen molar-refractivity contribution in [3.05, 3.63) is 64.2 Å². The third-order valence-electron chi connectivity index (χ3n) is 3.36. The highest BCUT2D eigenvalue weighted by Gasteiger charge is 2.12. The van der Waals surface area contributed by atoms with Crippen LogP contribution in [0.3, 0.4) is 0 Å². The van der Waals surface area contributed by atoms with E-state index in [4.69, 9.17) is 11.6 Å². The highest BCUT2D eigenvalue weighted by Crippen LogP contribution is 2.22. The molecule has 0 fully saturated rings. The third-order valence-corrected chi connectivity index (χ3v) is 3.60. The molecular formula is C18H19ClN2O2. The fraction of sp³-hybridized carbons (Fsp3) is 0.222. The van der Waals surface area contributed by atoms with Crippen molar-refractivity contribution < 1.29 is 9.90 Å². The van der Waals surface area contributed by atoms with Crippen molar-refractivity contribution in [1.82, 2.24) is 5.43 Å². The second-order valence-electron chi connectivity index (χ2n) is 6.23. The molecule has 2 rings (SSSR count). The van der Waals surface area contributed by atoms with Crippen molar-refractivity contribution in [2.75, 3.05) is 0 Å². The van der Waals surface area contributed by atoms with Gasteiger partial charge in [-0.2, -0.15) is 5.10 Å². The molecule has 2 aromatic rings. The van der Waals surface area contributed by atoms with Crippen LogP contribution in [0.1, 0.15) is 42.3 Å². The van der Waals surface area contributed by atoms with Crippen molar-refractivity contribution in [1.29, 1.82) is 0 Å². The fourth-order valence-electron chi connectivity index (χ4n) is 1.99. The molecule has 23 heavy (non-hydrogen) atoms. The van der Waals surface area contributed by atoms with E-state index in [9.17, 15) is 9.90 Å². The first-order valence-electron chi connectivity index (χ1n) is 7.20. The normalized spacial score (nSPS) is 11.7. The Morgan fingerprint density at radius 1 is 1.17 bits per heavy atom. The van der Waals surface area contributed by atoms with E-state index in [0.717, 1.165) is 5.56 Å². The van der Waals surface area contributed by atoms with Gasteiger partial charge in [-0.3, -0.25) is 4.79 Å². The molecule has 5 heteroatoms. The van der Waals surface area contributed by atoms with E-state index in [1.165, 1.54) is 23.8 Å². The average Bonchev–Trinajstić information content (AvgIpc) is 2.46. The monoisotopic (exact) mass is 330 g/mol. The molecule has 0 radical (unpaired) electrons. The number of nitrogens with one attached hydrogen (secondary N) is 1. The Hall–Kier alpha value is -2.33. The lowest BCUT2D eigenvalue weighted by molar-refractivity contribution is 0.0952. The van der Waals surface area contributed by atoms with Gasteiger partial charge < -0.3 is 5.11 Å². The van der Waals surface area contributed by atoms with Gasteiger partial charge in [0.1, 0.15) is 5.75 Å². The minimum Gasteiger partial charge on any atom is -0.507 e. The summed E-state index contributed by atoms with van der Waals surface area (Å²) in [7, 11) is 0. The van der Waals surface area contributed by atoms with Crippen LogP contribution in [0.5, 0.6) is 5.75 Å². The average molecular weight is 331 g/mol. The third kappa shape index (κ3) is 4.57. The number of aromatic hydroxyl groups is 1. The molecule has 0 saturated carbocycles. The molecule has 4 nitrogen and oxygen atoms in total. The lowest BCUT2D eigenvalue weighted by Gasteiger charge is -2.18. The first kappa shape index (κ1) is 17.0. The summed E-state index contributed by atoms with van der Waals surface area (Å²) >= 11 is 5.73.